The van der Waals surface area contributed by atoms with Gasteiger partial charge < -0.3 is 9.47 Å². The van der Waals surface area contributed by atoms with E-state index < -0.39 is 0 Å². The first-order valence-electron chi connectivity index (χ1n) is 9.97. The highest BCUT2D eigenvalue weighted by Crippen LogP contribution is 2.18. The van der Waals surface area contributed by atoms with Crippen LogP contribution in [0.3, 0.4) is 0 Å². The molecule has 0 fully saturated rings. The monoisotopic (exact) mass is 342 g/mol. The van der Waals surface area contributed by atoms with Crippen molar-refractivity contribution in [3.05, 3.63) is 0 Å². The summed E-state index contributed by atoms with van der Waals surface area (Å²) < 4.78 is 11.3. The Balaban J connectivity index is 4.58. The van der Waals surface area contributed by atoms with Gasteiger partial charge in [-0.05, 0) is 25.7 Å². The summed E-state index contributed by atoms with van der Waals surface area (Å²) in [6.45, 7) is 8.34. The molecule has 0 spiro atoms. The normalized spacial score (nSPS) is 13.3. The van der Waals surface area contributed by atoms with Gasteiger partial charge in [-0.15, -0.1) is 0 Å². The fourth-order valence-electron chi connectivity index (χ4n) is 2.70. The summed E-state index contributed by atoms with van der Waals surface area (Å²) in [6, 6.07) is 0. The summed E-state index contributed by atoms with van der Waals surface area (Å²) in [5.74, 6) is -0.324. The molecular weight excluding hydrogens is 304 g/mol. The molecule has 2 atom stereocenters. The topological polar surface area (TPSA) is 52.6 Å². The molecule has 0 bridgehead atoms. The predicted molar refractivity (Wildman–Crippen MR) is 97.9 cm³/mol. The van der Waals surface area contributed by atoms with Crippen LogP contribution in [0.15, 0.2) is 0 Å². The molecule has 0 aliphatic heterocycles. The number of hydrogen-bond donors (Lipinski definition) is 0. The van der Waals surface area contributed by atoms with Crippen molar-refractivity contribution in [3.63, 3.8) is 0 Å². The standard InChI is InChI=1S/C20H38O4/c1-5-9-11-15-19(21)23-17(13-7-3)18(14-8-4)24-20(22)16-12-10-6-2/h17-18H,5-16H2,1-4H3. The average Bonchev–Trinajstić information content (AvgIpc) is 2.54. The number of carbonyl (C=O) groups is 2. The minimum absolute atomic E-state index is 0.162. The molecule has 0 rings (SSSR count). The summed E-state index contributed by atoms with van der Waals surface area (Å²) in [5, 5.41) is 0. The highest BCUT2D eigenvalue weighted by molar-refractivity contribution is 5.70. The van der Waals surface area contributed by atoms with Crippen LogP contribution in [-0.2, 0) is 19.1 Å². The second-order valence-electron chi connectivity index (χ2n) is 6.55. The van der Waals surface area contributed by atoms with Crippen molar-refractivity contribution in [1.82, 2.24) is 0 Å². The van der Waals surface area contributed by atoms with Crippen molar-refractivity contribution in [1.29, 1.82) is 0 Å². The lowest BCUT2D eigenvalue weighted by Crippen LogP contribution is -2.35. The van der Waals surface area contributed by atoms with Gasteiger partial charge in [0, 0.05) is 12.8 Å². The third kappa shape index (κ3) is 11.5. The Bertz CT molecular complexity index is 296. The van der Waals surface area contributed by atoms with Gasteiger partial charge >= 0.3 is 11.9 Å². The van der Waals surface area contributed by atoms with Gasteiger partial charge in [0.05, 0.1) is 0 Å². The van der Waals surface area contributed by atoms with E-state index >= 15 is 0 Å². The number of esters is 2. The molecule has 0 saturated heterocycles. The Kier molecular flexibility index (Phi) is 14.8. The van der Waals surface area contributed by atoms with Crippen LogP contribution < -0.4 is 0 Å². The van der Waals surface area contributed by atoms with E-state index in [0.717, 1.165) is 64.2 Å². The maximum atomic E-state index is 12.0. The summed E-state index contributed by atoms with van der Waals surface area (Å²) in [5.41, 5.74) is 0. The predicted octanol–water partition coefficient (Wildman–Crippen LogP) is 5.57. The van der Waals surface area contributed by atoms with Gasteiger partial charge in [-0.2, -0.15) is 0 Å². The first-order valence-corrected chi connectivity index (χ1v) is 9.97. The quantitative estimate of drug-likeness (QED) is 0.288. The van der Waals surface area contributed by atoms with Gasteiger partial charge in [-0.3, -0.25) is 9.59 Å². The second-order valence-corrected chi connectivity index (χ2v) is 6.55. The van der Waals surface area contributed by atoms with Crippen molar-refractivity contribution in [2.45, 2.75) is 117 Å². The van der Waals surface area contributed by atoms with Crippen LogP contribution in [0.25, 0.3) is 0 Å². The molecule has 0 radical (unpaired) electrons. The number of hydrogen-bond acceptors (Lipinski definition) is 4. The molecule has 0 amide bonds. The van der Waals surface area contributed by atoms with E-state index in [-0.39, 0.29) is 24.1 Å². The summed E-state index contributed by atoms with van der Waals surface area (Å²) in [6.07, 6.45) is 9.57. The number of ether oxygens (including phenoxy) is 2. The Morgan fingerprint density at radius 3 is 1.29 bits per heavy atom. The van der Waals surface area contributed by atoms with Gasteiger partial charge in [0.15, 0.2) is 0 Å². The fraction of sp³-hybridized carbons (Fsp3) is 0.900. The molecule has 4 heteroatoms. The lowest BCUT2D eigenvalue weighted by Gasteiger charge is -2.27. The smallest absolute Gasteiger partial charge is 0.306 e. The zero-order chi connectivity index (χ0) is 18.2. The van der Waals surface area contributed by atoms with Crippen molar-refractivity contribution in [3.8, 4) is 0 Å². The van der Waals surface area contributed by atoms with Crippen LogP contribution in [0.4, 0.5) is 0 Å². The lowest BCUT2D eigenvalue weighted by atomic mass is 10.0. The third-order valence-electron chi connectivity index (χ3n) is 4.10. The van der Waals surface area contributed by atoms with E-state index in [0.29, 0.717) is 12.8 Å². The zero-order valence-electron chi connectivity index (χ0n) is 16.3. The van der Waals surface area contributed by atoms with Crippen LogP contribution in [0.1, 0.15) is 105 Å². The molecule has 0 aliphatic carbocycles. The van der Waals surface area contributed by atoms with E-state index in [2.05, 4.69) is 27.7 Å². The van der Waals surface area contributed by atoms with Gasteiger partial charge in [-0.1, -0.05) is 66.2 Å². The molecule has 0 aromatic heterocycles. The van der Waals surface area contributed by atoms with Gasteiger partial charge in [0.2, 0.25) is 0 Å². The zero-order valence-corrected chi connectivity index (χ0v) is 16.3. The SMILES string of the molecule is CCCCCC(=O)OC(CCC)C(CCC)OC(=O)CCCCC. The number of unbranched alkanes of at least 4 members (excludes halogenated alkanes) is 4. The molecule has 0 N–H and O–H groups in total. The molecule has 4 nitrogen and oxygen atoms in total. The van der Waals surface area contributed by atoms with Gasteiger partial charge in [0.1, 0.15) is 12.2 Å². The fourth-order valence-corrected chi connectivity index (χ4v) is 2.70. The van der Waals surface area contributed by atoms with E-state index in [1.54, 1.807) is 0 Å². The minimum atomic E-state index is -0.306. The van der Waals surface area contributed by atoms with Gasteiger partial charge in [-0.25, -0.2) is 0 Å². The van der Waals surface area contributed by atoms with Crippen molar-refractivity contribution >= 4 is 11.9 Å². The minimum Gasteiger partial charge on any atom is -0.458 e. The molecule has 0 aromatic rings. The number of rotatable bonds is 15. The summed E-state index contributed by atoms with van der Waals surface area (Å²) >= 11 is 0. The highest BCUT2D eigenvalue weighted by Gasteiger charge is 2.27. The largest absolute Gasteiger partial charge is 0.458 e. The molecule has 0 saturated carbocycles. The Labute approximate surface area is 148 Å². The number of carbonyl (C=O) groups excluding carboxylic acids is 2. The Hall–Kier alpha value is -1.06. The van der Waals surface area contributed by atoms with E-state index in [1.165, 1.54) is 0 Å². The first-order chi connectivity index (χ1) is 11.6. The molecule has 24 heavy (non-hydrogen) atoms. The summed E-state index contributed by atoms with van der Waals surface area (Å²) in [4.78, 5) is 24.1. The summed E-state index contributed by atoms with van der Waals surface area (Å²) in [7, 11) is 0. The van der Waals surface area contributed by atoms with E-state index in [1.807, 2.05) is 0 Å². The molecule has 142 valence electrons. The van der Waals surface area contributed by atoms with Crippen molar-refractivity contribution in [2.75, 3.05) is 0 Å². The Morgan fingerprint density at radius 1 is 0.625 bits per heavy atom. The van der Waals surface area contributed by atoms with E-state index in [9.17, 15) is 9.59 Å². The third-order valence-corrected chi connectivity index (χ3v) is 4.10. The van der Waals surface area contributed by atoms with Crippen LogP contribution in [0.5, 0.6) is 0 Å². The first kappa shape index (κ1) is 22.9. The molecule has 0 aliphatic rings. The molecule has 2 unspecified atom stereocenters. The van der Waals surface area contributed by atoms with Crippen LogP contribution in [0, 0.1) is 0 Å². The van der Waals surface area contributed by atoms with Crippen LogP contribution >= 0.6 is 0 Å². The van der Waals surface area contributed by atoms with Crippen LogP contribution in [-0.4, -0.2) is 24.1 Å². The average molecular weight is 343 g/mol. The van der Waals surface area contributed by atoms with Crippen molar-refractivity contribution < 1.29 is 19.1 Å². The Morgan fingerprint density at radius 2 is 1.00 bits per heavy atom. The van der Waals surface area contributed by atoms with Gasteiger partial charge in [0.25, 0.3) is 0 Å². The maximum Gasteiger partial charge on any atom is 0.306 e. The highest BCUT2D eigenvalue weighted by atomic mass is 16.6. The van der Waals surface area contributed by atoms with Crippen molar-refractivity contribution in [2.24, 2.45) is 0 Å². The molecular formula is C20H38O4. The van der Waals surface area contributed by atoms with E-state index in [4.69, 9.17) is 9.47 Å². The maximum absolute atomic E-state index is 12.0. The molecule has 0 heterocycles. The second kappa shape index (κ2) is 15.5. The molecule has 0 aromatic carbocycles. The lowest BCUT2D eigenvalue weighted by molar-refractivity contribution is -0.169. The van der Waals surface area contributed by atoms with Crippen LogP contribution in [0.2, 0.25) is 0 Å².